The van der Waals surface area contributed by atoms with Gasteiger partial charge in [-0.1, -0.05) is 24.9 Å². The van der Waals surface area contributed by atoms with Gasteiger partial charge < -0.3 is 0 Å². The van der Waals surface area contributed by atoms with Gasteiger partial charge in [0, 0.05) is 6.20 Å². The zero-order chi connectivity index (χ0) is 7.28. The van der Waals surface area contributed by atoms with Gasteiger partial charge >= 0.3 is 0 Å². The maximum atomic E-state index is 3.95. The lowest BCUT2D eigenvalue weighted by atomic mass is 10.8. The number of thioether (sulfide) groups is 1. The van der Waals surface area contributed by atoms with Crippen molar-refractivity contribution in [3.8, 4) is 0 Å². The minimum atomic E-state index is 0.984. The molecule has 0 aliphatic heterocycles. The molecule has 0 aromatic heterocycles. The van der Waals surface area contributed by atoms with Crippen LogP contribution in [0, 0.1) is 0 Å². The quantitative estimate of drug-likeness (QED) is 0.425. The van der Waals surface area contributed by atoms with E-state index in [0.717, 1.165) is 9.95 Å². The summed E-state index contributed by atoms with van der Waals surface area (Å²) in [6.45, 7) is 11.1. The van der Waals surface area contributed by atoms with E-state index < -0.39 is 0 Å². The van der Waals surface area contributed by atoms with E-state index in [1.54, 1.807) is 11.8 Å². The molecule has 0 amide bonds. The summed E-state index contributed by atoms with van der Waals surface area (Å²) in [5.74, 6) is 0. The van der Waals surface area contributed by atoms with Gasteiger partial charge in [0.1, 0.15) is 0 Å². The molecule has 0 radical (unpaired) electrons. The Morgan fingerprint density at radius 2 is 2.11 bits per heavy atom. The molecule has 0 rings (SSSR count). The van der Waals surface area contributed by atoms with Gasteiger partial charge in [-0.15, -0.1) is 0 Å². The van der Waals surface area contributed by atoms with Crippen LogP contribution in [-0.2, 0) is 0 Å². The standard InChI is InChI=1S/C7H11NS/c1-5-8-7(4)9-6(2)3/h5H,1-2H2,3-4H3/b8-7-. The van der Waals surface area contributed by atoms with Gasteiger partial charge in [0.15, 0.2) is 0 Å². The van der Waals surface area contributed by atoms with Crippen molar-refractivity contribution in [1.29, 1.82) is 0 Å². The molecule has 9 heavy (non-hydrogen) atoms. The molecule has 0 heterocycles. The molecule has 0 aliphatic carbocycles. The van der Waals surface area contributed by atoms with E-state index in [-0.39, 0.29) is 0 Å². The van der Waals surface area contributed by atoms with Crippen LogP contribution in [0.3, 0.4) is 0 Å². The van der Waals surface area contributed by atoms with Crippen molar-refractivity contribution in [3.05, 3.63) is 24.3 Å². The van der Waals surface area contributed by atoms with Crippen LogP contribution < -0.4 is 0 Å². The molecule has 0 N–H and O–H groups in total. The number of aliphatic imine (C=N–C) groups is 1. The number of hydrogen-bond acceptors (Lipinski definition) is 2. The van der Waals surface area contributed by atoms with E-state index >= 15 is 0 Å². The highest BCUT2D eigenvalue weighted by Crippen LogP contribution is 2.13. The average molecular weight is 141 g/mol. The molecule has 0 bridgehead atoms. The Morgan fingerprint density at radius 1 is 1.56 bits per heavy atom. The van der Waals surface area contributed by atoms with Gasteiger partial charge in [0.05, 0.1) is 5.04 Å². The predicted octanol–water partition coefficient (Wildman–Crippen LogP) is 2.82. The summed E-state index contributed by atoms with van der Waals surface area (Å²) in [7, 11) is 0. The highest BCUT2D eigenvalue weighted by Gasteiger charge is 1.88. The van der Waals surface area contributed by atoms with Crippen LogP contribution in [-0.4, -0.2) is 5.04 Å². The molecule has 0 atom stereocenters. The molecule has 0 aliphatic rings. The summed E-state index contributed by atoms with van der Waals surface area (Å²) >= 11 is 1.56. The third kappa shape index (κ3) is 5.37. The highest BCUT2D eigenvalue weighted by atomic mass is 32.2. The van der Waals surface area contributed by atoms with Gasteiger partial charge in [0.2, 0.25) is 0 Å². The molecule has 50 valence electrons. The maximum Gasteiger partial charge on any atom is 0.0744 e. The lowest BCUT2D eigenvalue weighted by Crippen LogP contribution is -1.79. The summed E-state index contributed by atoms with van der Waals surface area (Å²) in [5.41, 5.74) is 0. The van der Waals surface area contributed by atoms with E-state index in [0.29, 0.717) is 0 Å². The lowest BCUT2D eigenvalue weighted by Gasteiger charge is -1.94. The van der Waals surface area contributed by atoms with Crippen LogP contribution in [0.15, 0.2) is 29.3 Å². The van der Waals surface area contributed by atoms with E-state index in [2.05, 4.69) is 18.2 Å². The summed E-state index contributed by atoms with van der Waals surface area (Å²) in [6, 6.07) is 0. The second kappa shape index (κ2) is 4.39. The monoisotopic (exact) mass is 141 g/mol. The lowest BCUT2D eigenvalue weighted by molar-refractivity contribution is 1.59. The first-order valence-corrected chi connectivity index (χ1v) is 3.47. The minimum absolute atomic E-state index is 0.984. The first-order valence-electron chi connectivity index (χ1n) is 2.65. The van der Waals surface area contributed by atoms with Crippen LogP contribution in [0.2, 0.25) is 0 Å². The Morgan fingerprint density at radius 3 is 2.44 bits per heavy atom. The number of allylic oxidation sites excluding steroid dienone is 1. The fourth-order valence-electron chi connectivity index (χ4n) is 0.407. The average Bonchev–Trinajstić information content (AvgIpc) is 1.63. The molecule has 0 saturated carbocycles. The van der Waals surface area contributed by atoms with E-state index in [4.69, 9.17) is 0 Å². The SMILES string of the molecule is C=C/N=C(/C)SC(=C)C. The second-order valence-electron chi connectivity index (χ2n) is 1.63. The van der Waals surface area contributed by atoms with E-state index in [9.17, 15) is 0 Å². The molecule has 1 nitrogen and oxygen atoms in total. The van der Waals surface area contributed by atoms with Crippen molar-refractivity contribution in [2.24, 2.45) is 4.99 Å². The van der Waals surface area contributed by atoms with E-state index in [1.165, 1.54) is 6.20 Å². The van der Waals surface area contributed by atoms with Gasteiger partial charge in [0.25, 0.3) is 0 Å². The summed E-state index contributed by atoms with van der Waals surface area (Å²) in [5, 5.41) is 0.984. The number of rotatable bonds is 2. The predicted molar refractivity (Wildman–Crippen MR) is 45.7 cm³/mol. The van der Waals surface area contributed by atoms with Crippen molar-refractivity contribution >= 4 is 16.8 Å². The summed E-state index contributed by atoms with van der Waals surface area (Å²) < 4.78 is 0. The Kier molecular flexibility index (Phi) is 4.14. The van der Waals surface area contributed by atoms with Gasteiger partial charge in [-0.2, -0.15) is 0 Å². The molecular weight excluding hydrogens is 130 g/mol. The van der Waals surface area contributed by atoms with Crippen molar-refractivity contribution in [3.63, 3.8) is 0 Å². The molecule has 2 heteroatoms. The van der Waals surface area contributed by atoms with E-state index in [1.807, 2.05) is 13.8 Å². The number of hydrogen-bond donors (Lipinski definition) is 0. The van der Waals surface area contributed by atoms with Crippen molar-refractivity contribution in [1.82, 2.24) is 0 Å². The topological polar surface area (TPSA) is 12.4 Å². The van der Waals surface area contributed by atoms with Crippen LogP contribution in [0.4, 0.5) is 0 Å². The Labute approximate surface area is 60.6 Å². The maximum absolute atomic E-state index is 3.95. The third-order valence-corrected chi connectivity index (χ3v) is 1.34. The summed E-state index contributed by atoms with van der Waals surface area (Å²) in [4.78, 5) is 5.00. The summed E-state index contributed by atoms with van der Waals surface area (Å²) in [6.07, 6.45) is 1.53. The molecule has 0 spiro atoms. The second-order valence-corrected chi connectivity index (χ2v) is 3.13. The highest BCUT2D eigenvalue weighted by molar-refractivity contribution is 8.17. The Hall–Kier alpha value is -0.500. The van der Waals surface area contributed by atoms with Crippen LogP contribution in [0.25, 0.3) is 0 Å². The zero-order valence-corrected chi connectivity index (χ0v) is 6.66. The molecular formula is C7H11NS. The first-order chi connectivity index (χ1) is 4.16. The molecule has 0 unspecified atom stereocenters. The molecule has 0 fully saturated rings. The zero-order valence-electron chi connectivity index (χ0n) is 5.85. The van der Waals surface area contributed by atoms with Gasteiger partial charge in [-0.05, 0) is 18.8 Å². The number of nitrogens with zero attached hydrogens (tertiary/aromatic N) is 1. The van der Waals surface area contributed by atoms with Gasteiger partial charge in [-0.3, -0.25) is 4.99 Å². The fraction of sp³-hybridized carbons (Fsp3) is 0.286. The Balaban J connectivity index is 3.75. The smallest absolute Gasteiger partial charge is 0.0744 e. The minimum Gasteiger partial charge on any atom is -0.255 e. The molecule has 0 aromatic carbocycles. The normalized spacial score (nSPS) is 11.1. The molecule has 0 aromatic rings. The van der Waals surface area contributed by atoms with Crippen LogP contribution >= 0.6 is 11.8 Å². The van der Waals surface area contributed by atoms with Crippen molar-refractivity contribution < 1.29 is 0 Å². The van der Waals surface area contributed by atoms with Crippen LogP contribution in [0.5, 0.6) is 0 Å². The Bertz CT molecular complexity index is 147. The van der Waals surface area contributed by atoms with Crippen molar-refractivity contribution in [2.75, 3.05) is 0 Å². The largest absolute Gasteiger partial charge is 0.255 e. The van der Waals surface area contributed by atoms with Crippen molar-refractivity contribution in [2.45, 2.75) is 13.8 Å². The third-order valence-electron chi connectivity index (χ3n) is 0.595. The fourth-order valence-corrected chi connectivity index (χ4v) is 1.04. The molecule has 0 saturated heterocycles. The first kappa shape index (κ1) is 8.50. The van der Waals surface area contributed by atoms with Crippen LogP contribution in [0.1, 0.15) is 13.8 Å². The van der Waals surface area contributed by atoms with Gasteiger partial charge in [-0.25, -0.2) is 0 Å².